The molecule has 0 saturated carbocycles. The topological polar surface area (TPSA) is 69.2 Å². The first-order valence-corrected chi connectivity index (χ1v) is 10.7. The fraction of sp³-hybridized carbons (Fsp3) is 0.278. The first kappa shape index (κ1) is 18.9. The number of hydrogen-bond acceptors (Lipinski definition) is 7. The highest BCUT2D eigenvalue weighted by atomic mass is 32.1. The normalized spacial score (nSPS) is 11.0. The van der Waals surface area contributed by atoms with E-state index in [0.717, 1.165) is 23.2 Å². The molecule has 3 aromatic rings. The summed E-state index contributed by atoms with van der Waals surface area (Å²) in [5.74, 6) is 0.550. The van der Waals surface area contributed by atoms with Gasteiger partial charge in [0.05, 0.1) is 30.1 Å². The van der Waals surface area contributed by atoms with Crippen LogP contribution < -0.4 is 5.32 Å². The third-order valence-electron chi connectivity index (χ3n) is 3.42. The summed E-state index contributed by atoms with van der Waals surface area (Å²) in [5, 5.41) is 5.20. The zero-order valence-corrected chi connectivity index (χ0v) is 16.5. The van der Waals surface area contributed by atoms with Gasteiger partial charge in [0.25, 0.3) is 0 Å². The lowest BCUT2D eigenvalue weighted by Gasteiger charge is -2.15. The van der Waals surface area contributed by atoms with Crippen LogP contribution in [0.4, 0.5) is 11.6 Å². The number of benzene rings is 1. The van der Waals surface area contributed by atoms with Gasteiger partial charge < -0.3 is 14.4 Å². The van der Waals surface area contributed by atoms with Gasteiger partial charge >= 0.3 is 0 Å². The summed E-state index contributed by atoms with van der Waals surface area (Å²) < 4.78 is 11.3. The molecule has 0 aliphatic rings. The minimum Gasteiger partial charge on any atom is -0.334 e. The van der Waals surface area contributed by atoms with Gasteiger partial charge in [-0.25, -0.2) is 15.0 Å². The average molecular weight is 388 g/mol. The molecule has 0 aliphatic heterocycles. The van der Waals surface area contributed by atoms with Crippen molar-refractivity contribution in [2.45, 2.75) is 20.0 Å². The molecule has 0 spiro atoms. The first-order chi connectivity index (χ1) is 12.8. The smallest absolute Gasteiger partial charge is 0.227 e. The molecule has 26 heavy (non-hydrogen) atoms. The minimum atomic E-state index is -0.871. The highest BCUT2D eigenvalue weighted by molar-refractivity contribution is 7.46. The Bertz CT molecular complexity index is 793. The Hall–Kier alpha value is -1.92. The van der Waals surface area contributed by atoms with E-state index in [1.165, 1.54) is 5.56 Å². The van der Waals surface area contributed by atoms with E-state index < -0.39 is 8.38 Å². The van der Waals surface area contributed by atoms with E-state index in [0.29, 0.717) is 19.2 Å². The molecule has 0 amide bonds. The fourth-order valence-electron chi connectivity index (χ4n) is 2.29. The van der Waals surface area contributed by atoms with E-state index in [1.807, 2.05) is 37.4 Å². The molecule has 0 radical (unpaired) electrons. The van der Waals surface area contributed by atoms with Crippen LogP contribution in [0.5, 0.6) is 0 Å². The zero-order valence-electron chi connectivity index (χ0n) is 14.8. The van der Waals surface area contributed by atoms with Crippen LogP contribution in [0.1, 0.15) is 19.4 Å². The van der Waals surface area contributed by atoms with Gasteiger partial charge in [-0.1, -0.05) is 12.1 Å². The van der Waals surface area contributed by atoms with Crippen LogP contribution in [-0.2, 0) is 15.2 Å². The SMILES string of the molecule is CCOP(Cc1ccc(Nc2nccc(-c3cscn3)n2)cc1)OCC. The fourth-order valence-corrected chi connectivity index (χ4v) is 4.18. The lowest BCUT2D eigenvalue weighted by molar-refractivity contribution is 0.268. The quantitative estimate of drug-likeness (QED) is 0.506. The Labute approximate surface area is 158 Å². The van der Waals surface area contributed by atoms with E-state index in [2.05, 4.69) is 32.4 Å². The summed E-state index contributed by atoms with van der Waals surface area (Å²) in [6.07, 6.45) is 2.52. The van der Waals surface area contributed by atoms with Crippen molar-refractivity contribution in [2.75, 3.05) is 18.5 Å². The van der Waals surface area contributed by atoms with Gasteiger partial charge in [-0.15, -0.1) is 11.3 Å². The molecule has 2 aromatic heterocycles. The van der Waals surface area contributed by atoms with E-state index in [4.69, 9.17) is 9.05 Å². The molecular formula is C18H21N4O2PS. The summed E-state index contributed by atoms with van der Waals surface area (Å²) in [5.41, 5.74) is 5.57. The number of nitrogens with one attached hydrogen (secondary N) is 1. The molecule has 136 valence electrons. The third kappa shape index (κ3) is 5.29. The van der Waals surface area contributed by atoms with Crippen LogP contribution in [0.15, 0.2) is 47.4 Å². The number of anilines is 2. The van der Waals surface area contributed by atoms with Crippen LogP contribution >= 0.6 is 19.7 Å². The number of rotatable bonds is 9. The highest BCUT2D eigenvalue weighted by Crippen LogP contribution is 2.42. The maximum absolute atomic E-state index is 5.66. The summed E-state index contributed by atoms with van der Waals surface area (Å²) >= 11 is 1.55. The van der Waals surface area contributed by atoms with E-state index in [-0.39, 0.29) is 0 Å². The van der Waals surface area contributed by atoms with Crippen molar-refractivity contribution in [1.29, 1.82) is 0 Å². The van der Waals surface area contributed by atoms with Crippen LogP contribution in [0.3, 0.4) is 0 Å². The van der Waals surface area contributed by atoms with Gasteiger partial charge in [0, 0.05) is 23.4 Å². The summed E-state index contributed by atoms with van der Waals surface area (Å²) in [7, 11) is -0.871. The van der Waals surface area contributed by atoms with Crippen molar-refractivity contribution in [2.24, 2.45) is 0 Å². The molecule has 0 aliphatic carbocycles. The molecule has 0 fully saturated rings. The number of aromatic nitrogens is 3. The highest BCUT2D eigenvalue weighted by Gasteiger charge is 2.10. The second-order valence-corrected chi connectivity index (χ2v) is 7.50. The van der Waals surface area contributed by atoms with Crippen molar-refractivity contribution < 1.29 is 9.05 Å². The molecule has 0 atom stereocenters. The van der Waals surface area contributed by atoms with Crippen LogP contribution in [0.2, 0.25) is 0 Å². The maximum atomic E-state index is 5.66. The monoisotopic (exact) mass is 388 g/mol. The molecule has 0 saturated heterocycles. The second kappa shape index (κ2) is 9.69. The van der Waals surface area contributed by atoms with Gasteiger partial charge in [-0.3, -0.25) is 0 Å². The van der Waals surface area contributed by atoms with Crippen molar-refractivity contribution in [3.8, 4) is 11.4 Å². The average Bonchev–Trinajstić information content (AvgIpc) is 3.19. The molecule has 0 unspecified atom stereocenters. The van der Waals surface area contributed by atoms with E-state index in [1.54, 1.807) is 23.0 Å². The molecule has 6 nitrogen and oxygen atoms in total. The first-order valence-electron chi connectivity index (χ1n) is 8.39. The molecule has 2 heterocycles. The zero-order chi connectivity index (χ0) is 18.2. The summed E-state index contributed by atoms with van der Waals surface area (Å²) in [4.78, 5) is 13.1. The van der Waals surface area contributed by atoms with Crippen LogP contribution in [0.25, 0.3) is 11.4 Å². The minimum absolute atomic E-state index is 0.550. The predicted octanol–water partition coefficient (Wildman–Crippen LogP) is 5.23. The molecule has 1 aromatic carbocycles. The number of nitrogens with zero attached hydrogens (tertiary/aromatic N) is 3. The van der Waals surface area contributed by atoms with Gasteiger partial charge in [0.1, 0.15) is 0 Å². The maximum Gasteiger partial charge on any atom is 0.227 e. The lowest BCUT2D eigenvalue weighted by Crippen LogP contribution is -1.98. The Morgan fingerprint density at radius 1 is 1.00 bits per heavy atom. The van der Waals surface area contributed by atoms with Crippen molar-refractivity contribution in [1.82, 2.24) is 15.0 Å². The standard InChI is InChI=1S/C18H21N4O2PS/c1-3-23-25(24-4-2)11-14-5-7-15(8-6-14)21-18-19-10-9-16(22-18)17-12-26-13-20-17/h5-10,12-13H,3-4,11H2,1-2H3,(H,19,21,22). The summed E-state index contributed by atoms with van der Waals surface area (Å²) in [6, 6.07) is 10.0. The van der Waals surface area contributed by atoms with Gasteiger partial charge in [-0.05, 0) is 37.6 Å². The second-order valence-electron chi connectivity index (χ2n) is 5.29. The predicted molar refractivity (Wildman–Crippen MR) is 107 cm³/mol. The Balaban J connectivity index is 1.65. The van der Waals surface area contributed by atoms with Crippen LogP contribution in [0, 0.1) is 0 Å². The van der Waals surface area contributed by atoms with Gasteiger partial charge in [-0.2, -0.15) is 0 Å². The molecule has 8 heteroatoms. The van der Waals surface area contributed by atoms with Crippen molar-refractivity contribution in [3.05, 3.63) is 53.0 Å². The van der Waals surface area contributed by atoms with E-state index in [9.17, 15) is 0 Å². The van der Waals surface area contributed by atoms with Crippen molar-refractivity contribution in [3.63, 3.8) is 0 Å². The Kier molecular flexibility index (Phi) is 7.03. The molecule has 1 N–H and O–H groups in total. The Morgan fingerprint density at radius 2 is 1.77 bits per heavy atom. The van der Waals surface area contributed by atoms with Crippen molar-refractivity contribution >= 4 is 31.3 Å². The number of thiazole rings is 1. The van der Waals surface area contributed by atoms with Crippen LogP contribution in [-0.4, -0.2) is 28.2 Å². The molecule has 0 bridgehead atoms. The summed E-state index contributed by atoms with van der Waals surface area (Å²) in [6.45, 7) is 5.30. The largest absolute Gasteiger partial charge is 0.334 e. The molecular weight excluding hydrogens is 367 g/mol. The molecule has 3 rings (SSSR count). The van der Waals surface area contributed by atoms with E-state index >= 15 is 0 Å². The van der Waals surface area contributed by atoms with Gasteiger partial charge in [0.15, 0.2) is 8.38 Å². The third-order valence-corrected chi connectivity index (χ3v) is 5.72. The van der Waals surface area contributed by atoms with Gasteiger partial charge in [0.2, 0.25) is 5.95 Å². The number of hydrogen-bond donors (Lipinski definition) is 1. The lowest BCUT2D eigenvalue weighted by atomic mass is 10.2. The Morgan fingerprint density at radius 3 is 2.42 bits per heavy atom.